The van der Waals surface area contributed by atoms with Crippen LogP contribution in [0.4, 0.5) is 0 Å². The van der Waals surface area contributed by atoms with Gasteiger partial charge in [0.15, 0.2) is 6.10 Å². The molecular weight excluding hydrogens is 272 g/mol. The van der Waals surface area contributed by atoms with Crippen LogP contribution in [0.25, 0.3) is 0 Å². The number of morpholine rings is 1. The van der Waals surface area contributed by atoms with Gasteiger partial charge < -0.3 is 19.5 Å². The Bertz CT molecular complexity index is 541. The zero-order valence-corrected chi connectivity index (χ0v) is 11.9. The summed E-state index contributed by atoms with van der Waals surface area (Å²) in [5.41, 5.74) is 0.396. The quantitative estimate of drug-likeness (QED) is 0.875. The number of amides is 1. The molecule has 21 heavy (non-hydrogen) atoms. The SMILES string of the molecule is CC(Oc1ccccc1C#N)C(=O)N1CCOC(CO)C1. The summed E-state index contributed by atoms with van der Waals surface area (Å²) in [6.07, 6.45) is -1.04. The Morgan fingerprint density at radius 2 is 2.38 bits per heavy atom. The Labute approximate surface area is 123 Å². The molecule has 2 atom stereocenters. The van der Waals surface area contributed by atoms with Crippen molar-refractivity contribution in [3.63, 3.8) is 0 Å². The lowest BCUT2D eigenvalue weighted by atomic mass is 10.2. The van der Waals surface area contributed by atoms with Crippen molar-refractivity contribution in [2.45, 2.75) is 19.1 Å². The smallest absolute Gasteiger partial charge is 0.263 e. The first-order chi connectivity index (χ1) is 10.2. The van der Waals surface area contributed by atoms with Crippen molar-refractivity contribution in [1.82, 2.24) is 4.90 Å². The first kappa shape index (κ1) is 15.3. The average molecular weight is 290 g/mol. The summed E-state index contributed by atoms with van der Waals surface area (Å²) in [6, 6.07) is 8.84. The summed E-state index contributed by atoms with van der Waals surface area (Å²) < 4.78 is 10.9. The van der Waals surface area contributed by atoms with Gasteiger partial charge >= 0.3 is 0 Å². The van der Waals surface area contributed by atoms with Crippen LogP contribution >= 0.6 is 0 Å². The van der Waals surface area contributed by atoms with Crippen LogP contribution in [-0.4, -0.2) is 54.4 Å². The molecule has 6 nitrogen and oxygen atoms in total. The molecule has 2 rings (SSSR count). The van der Waals surface area contributed by atoms with Gasteiger partial charge in [-0.1, -0.05) is 12.1 Å². The molecule has 6 heteroatoms. The largest absolute Gasteiger partial charge is 0.480 e. The van der Waals surface area contributed by atoms with Gasteiger partial charge in [0.05, 0.1) is 24.9 Å². The minimum Gasteiger partial charge on any atom is -0.480 e. The normalized spacial score (nSPS) is 19.7. The third kappa shape index (κ3) is 3.72. The van der Waals surface area contributed by atoms with Crippen molar-refractivity contribution in [3.05, 3.63) is 29.8 Å². The van der Waals surface area contributed by atoms with Crippen molar-refractivity contribution >= 4 is 5.91 Å². The summed E-state index contributed by atoms with van der Waals surface area (Å²) in [5, 5.41) is 18.1. The number of para-hydroxylation sites is 1. The molecule has 1 heterocycles. The maximum atomic E-state index is 12.3. The Hall–Kier alpha value is -2.10. The second-order valence-corrected chi connectivity index (χ2v) is 4.83. The zero-order valence-electron chi connectivity index (χ0n) is 11.9. The van der Waals surface area contributed by atoms with E-state index in [1.807, 2.05) is 6.07 Å². The topological polar surface area (TPSA) is 82.8 Å². The molecule has 1 aromatic carbocycles. The fourth-order valence-electron chi connectivity index (χ4n) is 2.19. The van der Waals surface area contributed by atoms with Gasteiger partial charge in [0.2, 0.25) is 0 Å². The van der Waals surface area contributed by atoms with Crippen LogP contribution in [0, 0.1) is 11.3 Å². The van der Waals surface area contributed by atoms with Crippen molar-refractivity contribution in [2.75, 3.05) is 26.3 Å². The van der Waals surface area contributed by atoms with E-state index < -0.39 is 6.10 Å². The number of hydrogen-bond acceptors (Lipinski definition) is 5. The standard InChI is InChI=1S/C15H18N2O4/c1-11(21-14-5-3-2-4-12(14)8-16)15(19)17-6-7-20-13(9-17)10-18/h2-5,11,13,18H,6-7,9-10H2,1H3. The highest BCUT2D eigenvalue weighted by molar-refractivity contribution is 5.81. The molecule has 1 fully saturated rings. The van der Waals surface area contributed by atoms with E-state index in [2.05, 4.69) is 0 Å². The second-order valence-electron chi connectivity index (χ2n) is 4.83. The van der Waals surface area contributed by atoms with Gasteiger partial charge in [-0.05, 0) is 19.1 Å². The van der Waals surface area contributed by atoms with Gasteiger partial charge in [-0.25, -0.2) is 0 Å². The van der Waals surface area contributed by atoms with Gasteiger partial charge in [0.1, 0.15) is 11.8 Å². The highest BCUT2D eigenvalue weighted by Crippen LogP contribution is 2.19. The summed E-state index contributed by atoms with van der Waals surface area (Å²) in [7, 11) is 0. The van der Waals surface area contributed by atoms with Crippen LogP contribution in [0.1, 0.15) is 12.5 Å². The molecular formula is C15H18N2O4. The van der Waals surface area contributed by atoms with Crippen LogP contribution in [0.3, 0.4) is 0 Å². The Kier molecular flexibility index (Phi) is 5.14. The van der Waals surface area contributed by atoms with Gasteiger partial charge in [-0.3, -0.25) is 4.79 Å². The molecule has 112 valence electrons. The number of ether oxygens (including phenoxy) is 2. The van der Waals surface area contributed by atoms with Crippen LogP contribution in [0.15, 0.2) is 24.3 Å². The molecule has 0 bridgehead atoms. The number of carbonyl (C=O) groups is 1. The summed E-state index contributed by atoms with van der Waals surface area (Å²) >= 11 is 0. The minimum absolute atomic E-state index is 0.115. The molecule has 2 unspecified atom stereocenters. The molecule has 0 aromatic heterocycles. The number of rotatable bonds is 4. The summed E-state index contributed by atoms with van der Waals surface area (Å²) in [6.45, 7) is 2.76. The van der Waals surface area contributed by atoms with E-state index in [-0.39, 0.29) is 18.6 Å². The van der Waals surface area contributed by atoms with Gasteiger partial charge in [-0.2, -0.15) is 5.26 Å². The van der Waals surface area contributed by atoms with Crippen LogP contribution in [0.5, 0.6) is 5.75 Å². The summed E-state index contributed by atoms with van der Waals surface area (Å²) in [4.78, 5) is 14.0. The van der Waals surface area contributed by atoms with Crippen molar-refractivity contribution < 1.29 is 19.4 Å². The van der Waals surface area contributed by atoms with E-state index in [0.717, 1.165) is 0 Å². The number of nitrogens with zero attached hydrogens (tertiary/aromatic N) is 2. The molecule has 0 spiro atoms. The minimum atomic E-state index is -0.697. The van der Waals surface area contributed by atoms with Gasteiger partial charge in [0.25, 0.3) is 5.91 Å². The van der Waals surface area contributed by atoms with Crippen molar-refractivity contribution in [1.29, 1.82) is 5.26 Å². The maximum absolute atomic E-state index is 12.3. The third-order valence-electron chi connectivity index (χ3n) is 3.31. The Morgan fingerprint density at radius 1 is 1.62 bits per heavy atom. The molecule has 1 N–H and O–H groups in total. The highest BCUT2D eigenvalue weighted by Gasteiger charge is 2.28. The molecule has 1 aliphatic heterocycles. The predicted molar refractivity (Wildman–Crippen MR) is 74.7 cm³/mol. The Morgan fingerprint density at radius 3 is 3.10 bits per heavy atom. The van der Waals surface area contributed by atoms with Crippen molar-refractivity contribution in [3.8, 4) is 11.8 Å². The molecule has 1 aromatic rings. The third-order valence-corrected chi connectivity index (χ3v) is 3.31. The fourth-order valence-corrected chi connectivity index (χ4v) is 2.19. The molecule has 1 amide bonds. The number of carbonyl (C=O) groups excluding carboxylic acids is 1. The number of benzene rings is 1. The van der Waals surface area contributed by atoms with E-state index in [1.165, 1.54) is 0 Å². The van der Waals surface area contributed by atoms with Crippen LogP contribution < -0.4 is 4.74 Å². The molecule has 0 radical (unpaired) electrons. The second kappa shape index (κ2) is 7.07. The summed E-state index contributed by atoms with van der Waals surface area (Å²) in [5.74, 6) is 0.220. The van der Waals surface area contributed by atoms with E-state index in [4.69, 9.17) is 19.8 Å². The first-order valence-corrected chi connectivity index (χ1v) is 6.82. The van der Waals surface area contributed by atoms with Crippen molar-refractivity contribution in [2.24, 2.45) is 0 Å². The fraction of sp³-hybridized carbons (Fsp3) is 0.467. The monoisotopic (exact) mass is 290 g/mol. The molecule has 0 saturated carbocycles. The average Bonchev–Trinajstić information content (AvgIpc) is 2.54. The van der Waals surface area contributed by atoms with Crippen LogP contribution in [-0.2, 0) is 9.53 Å². The van der Waals surface area contributed by atoms with Gasteiger partial charge in [0, 0.05) is 13.1 Å². The van der Waals surface area contributed by atoms with E-state index in [1.54, 1.807) is 36.1 Å². The lowest BCUT2D eigenvalue weighted by Gasteiger charge is -2.33. The van der Waals surface area contributed by atoms with Gasteiger partial charge in [-0.15, -0.1) is 0 Å². The highest BCUT2D eigenvalue weighted by atomic mass is 16.5. The van der Waals surface area contributed by atoms with E-state index >= 15 is 0 Å². The van der Waals surface area contributed by atoms with E-state index in [9.17, 15) is 4.79 Å². The van der Waals surface area contributed by atoms with Crippen LogP contribution in [0.2, 0.25) is 0 Å². The maximum Gasteiger partial charge on any atom is 0.263 e. The molecule has 0 aliphatic carbocycles. The molecule has 1 aliphatic rings. The number of nitriles is 1. The molecule has 1 saturated heterocycles. The number of aliphatic hydroxyl groups is 1. The zero-order chi connectivity index (χ0) is 15.2. The number of aliphatic hydroxyl groups excluding tert-OH is 1. The lowest BCUT2D eigenvalue weighted by Crippen LogP contribution is -2.50. The lowest BCUT2D eigenvalue weighted by molar-refractivity contribution is -0.146. The van der Waals surface area contributed by atoms with E-state index in [0.29, 0.717) is 31.0 Å². The predicted octanol–water partition coefficient (Wildman–Crippen LogP) is 0.545. The Balaban J connectivity index is 2.01. The number of hydrogen-bond donors (Lipinski definition) is 1. The first-order valence-electron chi connectivity index (χ1n) is 6.82.